The lowest BCUT2D eigenvalue weighted by molar-refractivity contribution is -0.150. The molecule has 0 aliphatic carbocycles. The van der Waals surface area contributed by atoms with E-state index in [2.05, 4.69) is 0 Å². The van der Waals surface area contributed by atoms with Crippen molar-refractivity contribution >= 4 is 5.97 Å². The third-order valence-corrected chi connectivity index (χ3v) is 3.61. The van der Waals surface area contributed by atoms with Crippen LogP contribution in [0.2, 0.25) is 0 Å². The van der Waals surface area contributed by atoms with Crippen molar-refractivity contribution in [1.82, 2.24) is 0 Å². The Hall–Kier alpha value is -1.35. The minimum atomic E-state index is -0.243. The first-order valence-corrected chi connectivity index (χ1v) is 7.56. The topological polar surface area (TPSA) is 46.5 Å². The summed E-state index contributed by atoms with van der Waals surface area (Å²) in [5.41, 5.74) is 1.01. The third-order valence-electron chi connectivity index (χ3n) is 3.61. The first-order chi connectivity index (χ1) is 9.67. The van der Waals surface area contributed by atoms with E-state index < -0.39 is 0 Å². The molecule has 0 aliphatic heterocycles. The number of rotatable bonds is 9. The van der Waals surface area contributed by atoms with E-state index in [1.807, 2.05) is 44.2 Å². The van der Waals surface area contributed by atoms with E-state index in [-0.39, 0.29) is 18.0 Å². The molecule has 1 aromatic rings. The van der Waals surface area contributed by atoms with Crippen molar-refractivity contribution in [2.24, 2.45) is 5.92 Å². The van der Waals surface area contributed by atoms with Crippen LogP contribution in [0.1, 0.15) is 51.5 Å². The standard InChI is InChI=1S/C17H26O3/c1-3-15(11-8-12-16(18)4-2)17(19)20-13-14-9-6-5-7-10-14/h5-7,9-10,15-16,18H,3-4,8,11-13H2,1-2H3. The Morgan fingerprint density at radius 2 is 1.85 bits per heavy atom. The van der Waals surface area contributed by atoms with Crippen LogP contribution in [0.3, 0.4) is 0 Å². The molecule has 1 rings (SSSR count). The normalized spacial score (nSPS) is 13.8. The lowest BCUT2D eigenvalue weighted by Crippen LogP contribution is -2.17. The number of aliphatic hydroxyl groups excluding tert-OH is 1. The summed E-state index contributed by atoms with van der Waals surface area (Å²) in [6, 6.07) is 9.72. The Balaban J connectivity index is 2.31. The Bertz CT molecular complexity index is 375. The summed E-state index contributed by atoms with van der Waals surface area (Å²) >= 11 is 0. The van der Waals surface area contributed by atoms with E-state index in [9.17, 15) is 9.90 Å². The zero-order valence-corrected chi connectivity index (χ0v) is 12.5. The first-order valence-electron chi connectivity index (χ1n) is 7.56. The van der Waals surface area contributed by atoms with E-state index in [1.165, 1.54) is 0 Å². The van der Waals surface area contributed by atoms with Gasteiger partial charge in [-0.25, -0.2) is 0 Å². The van der Waals surface area contributed by atoms with Gasteiger partial charge in [0.1, 0.15) is 6.61 Å². The molecular weight excluding hydrogens is 252 g/mol. The predicted octanol–water partition coefficient (Wildman–Crippen LogP) is 3.70. The monoisotopic (exact) mass is 278 g/mol. The second kappa shape index (κ2) is 9.54. The summed E-state index contributed by atoms with van der Waals surface area (Å²) in [6.07, 6.45) is 3.74. The van der Waals surface area contributed by atoms with Crippen LogP contribution in [0.5, 0.6) is 0 Å². The van der Waals surface area contributed by atoms with Gasteiger partial charge in [0.25, 0.3) is 0 Å². The number of aliphatic hydroxyl groups is 1. The molecular formula is C17H26O3. The summed E-state index contributed by atoms with van der Waals surface area (Å²) < 4.78 is 5.36. The number of benzene rings is 1. The number of hydrogen-bond acceptors (Lipinski definition) is 3. The Morgan fingerprint density at radius 3 is 2.45 bits per heavy atom. The van der Waals surface area contributed by atoms with E-state index in [1.54, 1.807) is 0 Å². The number of esters is 1. The van der Waals surface area contributed by atoms with Gasteiger partial charge in [-0.3, -0.25) is 4.79 Å². The molecule has 0 spiro atoms. The summed E-state index contributed by atoms with van der Waals surface area (Å²) in [4.78, 5) is 12.0. The van der Waals surface area contributed by atoms with Gasteiger partial charge in [-0.2, -0.15) is 0 Å². The minimum absolute atomic E-state index is 0.0530. The molecule has 0 radical (unpaired) electrons. The Kier molecular flexibility index (Phi) is 7.97. The maximum Gasteiger partial charge on any atom is 0.309 e. The molecule has 0 heterocycles. The van der Waals surface area contributed by atoms with Crippen molar-refractivity contribution in [3.05, 3.63) is 35.9 Å². The van der Waals surface area contributed by atoms with Crippen molar-refractivity contribution in [2.45, 2.75) is 58.7 Å². The van der Waals surface area contributed by atoms with Gasteiger partial charge in [-0.05, 0) is 31.2 Å². The van der Waals surface area contributed by atoms with Gasteiger partial charge in [-0.1, -0.05) is 50.6 Å². The van der Waals surface area contributed by atoms with Crippen molar-refractivity contribution in [1.29, 1.82) is 0 Å². The first kappa shape index (κ1) is 16.7. The van der Waals surface area contributed by atoms with Crippen LogP contribution in [-0.2, 0) is 16.1 Å². The van der Waals surface area contributed by atoms with E-state index in [0.717, 1.165) is 37.7 Å². The maximum absolute atomic E-state index is 12.0. The van der Waals surface area contributed by atoms with Gasteiger partial charge in [0.2, 0.25) is 0 Å². The summed E-state index contributed by atoms with van der Waals surface area (Å²) in [6.45, 7) is 4.31. The zero-order valence-electron chi connectivity index (χ0n) is 12.5. The van der Waals surface area contributed by atoms with Crippen LogP contribution in [0.4, 0.5) is 0 Å². The van der Waals surface area contributed by atoms with Gasteiger partial charge >= 0.3 is 5.97 Å². The number of hydrogen-bond donors (Lipinski definition) is 1. The highest BCUT2D eigenvalue weighted by Gasteiger charge is 2.18. The average molecular weight is 278 g/mol. The molecule has 0 aromatic heterocycles. The van der Waals surface area contributed by atoms with Gasteiger partial charge < -0.3 is 9.84 Å². The molecule has 1 N–H and O–H groups in total. The largest absolute Gasteiger partial charge is 0.461 e. The molecule has 20 heavy (non-hydrogen) atoms. The third kappa shape index (κ3) is 6.20. The van der Waals surface area contributed by atoms with Gasteiger partial charge in [0.15, 0.2) is 0 Å². The highest BCUT2D eigenvalue weighted by Crippen LogP contribution is 2.17. The smallest absolute Gasteiger partial charge is 0.309 e. The van der Waals surface area contributed by atoms with Crippen molar-refractivity contribution < 1.29 is 14.6 Å². The predicted molar refractivity (Wildman–Crippen MR) is 80.2 cm³/mol. The van der Waals surface area contributed by atoms with Gasteiger partial charge in [0.05, 0.1) is 12.0 Å². The highest BCUT2D eigenvalue weighted by atomic mass is 16.5. The second-order valence-electron chi connectivity index (χ2n) is 5.19. The fourth-order valence-corrected chi connectivity index (χ4v) is 2.14. The quantitative estimate of drug-likeness (QED) is 0.701. The van der Waals surface area contributed by atoms with Crippen LogP contribution in [0.15, 0.2) is 30.3 Å². The van der Waals surface area contributed by atoms with Gasteiger partial charge in [0, 0.05) is 0 Å². The molecule has 0 saturated carbocycles. The molecule has 3 nitrogen and oxygen atoms in total. The molecule has 0 fully saturated rings. The Morgan fingerprint density at radius 1 is 1.15 bits per heavy atom. The summed E-state index contributed by atoms with van der Waals surface area (Å²) in [5.74, 6) is -0.176. The van der Waals surface area contributed by atoms with Crippen LogP contribution < -0.4 is 0 Å². The lowest BCUT2D eigenvalue weighted by atomic mass is 9.98. The Labute approximate surface area is 122 Å². The molecule has 2 atom stereocenters. The number of carbonyl (C=O) groups is 1. The molecule has 3 heteroatoms. The second-order valence-corrected chi connectivity index (χ2v) is 5.19. The van der Waals surface area contributed by atoms with E-state index >= 15 is 0 Å². The van der Waals surface area contributed by atoms with Crippen LogP contribution in [0, 0.1) is 5.92 Å². The van der Waals surface area contributed by atoms with Crippen LogP contribution in [-0.4, -0.2) is 17.2 Å². The average Bonchev–Trinajstić information content (AvgIpc) is 2.50. The fourth-order valence-electron chi connectivity index (χ4n) is 2.14. The SMILES string of the molecule is CCC(O)CCCC(CC)C(=O)OCc1ccccc1. The summed E-state index contributed by atoms with van der Waals surface area (Å²) in [7, 11) is 0. The molecule has 2 unspecified atom stereocenters. The molecule has 1 aromatic carbocycles. The molecule has 0 aliphatic rings. The van der Waals surface area contributed by atoms with Gasteiger partial charge in [-0.15, -0.1) is 0 Å². The number of ether oxygens (including phenoxy) is 1. The van der Waals surface area contributed by atoms with Crippen LogP contribution >= 0.6 is 0 Å². The van der Waals surface area contributed by atoms with Crippen molar-refractivity contribution in [3.8, 4) is 0 Å². The van der Waals surface area contributed by atoms with Crippen molar-refractivity contribution in [2.75, 3.05) is 0 Å². The fraction of sp³-hybridized carbons (Fsp3) is 0.588. The lowest BCUT2D eigenvalue weighted by Gasteiger charge is -2.15. The molecule has 0 bridgehead atoms. The highest BCUT2D eigenvalue weighted by molar-refractivity contribution is 5.72. The van der Waals surface area contributed by atoms with Crippen molar-refractivity contribution in [3.63, 3.8) is 0 Å². The molecule has 112 valence electrons. The number of carbonyl (C=O) groups excluding carboxylic acids is 1. The minimum Gasteiger partial charge on any atom is -0.461 e. The maximum atomic E-state index is 12.0. The molecule has 0 saturated heterocycles. The summed E-state index contributed by atoms with van der Waals surface area (Å²) in [5, 5.41) is 9.52. The van der Waals surface area contributed by atoms with E-state index in [0.29, 0.717) is 6.61 Å². The zero-order chi connectivity index (χ0) is 14.8. The van der Waals surface area contributed by atoms with E-state index in [4.69, 9.17) is 4.74 Å². The molecule has 0 amide bonds. The van der Waals surface area contributed by atoms with Crippen LogP contribution in [0.25, 0.3) is 0 Å².